The molecule has 1 saturated heterocycles. The number of nitrogens with zero attached hydrogens (tertiary/aromatic N) is 3. The third-order valence-corrected chi connectivity index (χ3v) is 5.22. The van der Waals surface area contributed by atoms with E-state index in [1.54, 1.807) is 11.1 Å². The first-order chi connectivity index (χ1) is 14.8. The van der Waals surface area contributed by atoms with E-state index < -0.39 is 11.7 Å². The number of halogens is 3. The van der Waals surface area contributed by atoms with Crippen LogP contribution in [0.1, 0.15) is 18.4 Å². The van der Waals surface area contributed by atoms with Gasteiger partial charge in [-0.1, -0.05) is 6.07 Å². The Labute approximate surface area is 176 Å². The molecule has 2 aromatic heterocycles. The van der Waals surface area contributed by atoms with Gasteiger partial charge in [-0.25, -0.2) is 0 Å². The van der Waals surface area contributed by atoms with Gasteiger partial charge in [0.25, 0.3) is 0 Å². The maximum atomic E-state index is 13.0. The van der Waals surface area contributed by atoms with Gasteiger partial charge in [0.15, 0.2) is 0 Å². The van der Waals surface area contributed by atoms with Gasteiger partial charge in [0.2, 0.25) is 11.9 Å². The highest BCUT2D eigenvalue weighted by atomic mass is 19.4. The van der Waals surface area contributed by atoms with Crippen LogP contribution in [0, 0.1) is 0 Å². The van der Waals surface area contributed by atoms with Gasteiger partial charge < -0.3 is 26.3 Å². The number of rotatable bonds is 5. The molecule has 164 valence electrons. The first-order valence-corrected chi connectivity index (χ1v) is 9.87. The number of amides is 1. The normalized spacial score (nSPS) is 15.3. The van der Waals surface area contributed by atoms with E-state index in [-0.39, 0.29) is 30.1 Å². The van der Waals surface area contributed by atoms with Crippen molar-refractivity contribution in [1.82, 2.24) is 19.9 Å². The lowest BCUT2D eigenvalue weighted by Crippen LogP contribution is -2.44. The molecular formula is C20H22F3N7O. The standard InChI is InChI=1S/C20H22F3N7O/c21-20(22,23)12-2-1-3-14(10-12)27-19-28-17-15(4-7-25-17)18(29-19)26-13-5-8-30(9-6-13)16(31)11-24/h1-4,7,10,13H,5-6,8-9,11,24H2,(H3,25,26,27,28,29). The van der Waals surface area contributed by atoms with Crippen molar-refractivity contribution in [2.45, 2.75) is 25.1 Å². The third-order valence-electron chi connectivity index (χ3n) is 5.22. The summed E-state index contributed by atoms with van der Waals surface area (Å²) in [5, 5.41) is 7.02. The van der Waals surface area contributed by atoms with Crippen LogP contribution >= 0.6 is 0 Å². The van der Waals surface area contributed by atoms with Crippen molar-refractivity contribution >= 4 is 34.4 Å². The zero-order valence-electron chi connectivity index (χ0n) is 16.5. The molecule has 3 aromatic rings. The SMILES string of the molecule is NCC(=O)N1CCC(Nc2nc(Nc3cccc(C(F)(F)F)c3)nc3[nH]ccc23)CC1. The van der Waals surface area contributed by atoms with Gasteiger partial charge in [-0.05, 0) is 37.1 Å². The Hall–Kier alpha value is -3.34. The maximum absolute atomic E-state index is 13.0. The van der Waals surface area contributed by atoms with E-state index >= 15 is 0 Å². The summed E-state index contributed by atoms with van der Waals surface area (Å²) in [6, 6.07) is 6.80. The summed E-state index contributed by atoms with van der Waals surface area (Å²) in [5.74, 6) is 0.679. The fourth-order valence-corrected chi connectivity index (χ4v) is 3.61. The number of nitrogens with two attached hydrogens (primary N) is 1. The van der Waals surface area contributed by atoms with Gasteiger partial charge in [-0.2, -0.15) is 23.1 Å². The number of benzene rings is 1. The van der Waals surface area contributed by atoms with Crippen molar-refractivity contribution in [3.05, 3.63) is 42.1 Å². The molecule has 0 saturated carbocycles. The zero-order chi connectivity index (χ0) is 22.0. The van der Waals surface area contributed by atoms with Crippen LogP contribution in [0.3, 0.4) is 0 Å². The van der Waals surface area contributed by atoms with Crippen molar-refractivity contribution in [1.29, 1.82) is 0 Å². The number of nitrogens with one attached hydrogen (secondary N) is 3. The lowest BCUT2D eigenvalue weighted by molar-refractivity contribution is -0.137. The lowest BCUT2D eigenvalue weighted by atomic mass is 10.0. The quantitative estimate of drug-likeness (QED) is 0.492. The minimum atomic E-state index is -4.44. The van der Waals surface area contributed by atoms with Crippen molar-refractivity contribution in [3.63, 3.8) is 0 Å². The number of aromatic nitrogens is 3. The number of piperidine rings is 1. The summed E-state index contributed by atoms with van der Waals surface area (Å²) in [6.07, 6.45) is -1.24. The number of aromatic amines is 1. The molecule has 0 unspecified atom stereocenters. The second kappa shape index (κ2) is 8.42. The Morgan fingerprint density at radius 1 is 1.23 bits per heavy atom. The van der Waals surface area contributed by atoms with Crippen LogP contribution < -0.4 is 16.4 Å². The molecule has 0 bridgehead atoms. The number of fused-ring (bicyclic) bond motifs is 1. The van der Waals surface area contributed by atoms with E-state index in [4.69, 9.17) is 5.73 Å². The van der Waals surface area contributed by atoms with E-state index in [0.717, 1.165) is 30.4 Å². The van der Waals surface area contributed by atoms with Crippen LogP contribution in [0.25, 0.3) is 11.0 Å². The molecule has 1 amide bonds. The molecule has 3 heterocycles. The number of H-pyrrole nitrogens is 1. The first-order valence-electron chi connectivity index (χ1n) is 9.87. The summed E-state index contributed by atoms with van der Waals surface area (Å²) < 4.78 is 39.0. The number of carbonyl (C=O) groups excluding carboxylic acids is 1. The molecule has 1 aliphatic heterocycles. The number of anilines is 3. The van der Waals surface area contributed by atoms with Crippen molar-refractivity contribution in [3.8, 4) is 0 Å². The van der Waals surface area contributed by atoms with Gasteiger partial charge in [-0.3, -0.25) is 4.79 Å². The number of hydrogen-bond acceptors (Lipinski definition) is 6. The van der Waals surface area contributed by atoms with Crippen molar-refractivity contribution in [2.24, 2.45) is 5.73 Å². The minimum absolute atomic E-state index is 0.00144. The summed E-state index contributed by atoms with van der Waals surface area (Å²) >= 11 is 0. The first kappa shape index (κ1) is 20.9. The average molecular weight is 433 g/mol. The number of carbonyl (C=O) groups is 1. The van der Waals surface area contributed by atoms with Gasteiger partial charge in [0.05, 0.1) is 17.5 Å². The van der Waals surface area contributed by atoms with Crippen LogP contribution in [-0.4, -0.2) is 51.4 Å². The van der Waals surface area contributed by atoms with E-state index in [2.05, 4.69) is 25.6 Å². The predicted molar refractivity (Wildman–Crippen MR) is 111 cm³/mol. The topological polar surface area (TPSA) is 112 Å². The number of alkyl halides is 3. The number of hydrogen-bond donors (Lipinski definition) is 4. The lowest BCUT2D eigenvalue weighted by Gasteiger charge is -2.32. The van der Waals surface area contributed by atoms with Gasteiger partial charge in [-0.15, -0.1) is 0 Å². The van der Waals surface area contributed by atoms with E-state index in [1.807, 2.05) is 6.07 Å². The largest absolute Gasteiger partial charge is 0.416 e. The summed E-state index contributed by atoms with van der Waals surface area (Å²) in [6.45, 7) is 1.20. The fraction of sp³-hybridized carbons (Fsp3) is 0.350. The molecule has 5 N–H and O–H groups in total. The highest BCUT2D eigenvalue weighted by Gasteiger charge is 2.30. The summed E-state index contributed by atoms with van der Waals surface area (Å²) in [7, 11) is 0. The third kappa shape index (κ3) is 4.71. The highest BCUT2D eigenvalue weighted by Crippen LogP contribution is 2.31. The summed E-state index contributed by atoms with van der Waals surface area (Å²) in [5.41, 5.74) is 5.47. The molecule has 0 aliphatic carbocycles. The van der Waals surface area contributed by atoms with E-state index in [9.17, 15) is 18.0 Å². The van der Waals surface area contributed by atoms with Crippen molar-refractivity contribution in [2.75, 3.05) is 30.3 Å². The van der Waals surface area contributed by atoms with E-state index in [1.165, 1.54) is 12.1 Å². The van der Waals surface area contributed by atoms with Crippen molar-refractivity contribution < 1.29 is 18.0 Å². The Morgan fingerprint density at radius 3 is 2.71 bits per heavy atom. The van der Waals surface area contributed by atoms with Gasteiger partial charge >= 0.3 is 6.18 Å². The predicted octanol–water partition coefficient (Wildman–Crippen LogP) is 3.08. The Morgan fingerprint density at radius 2 is 2.00 bits per heavy atom. The Bertz CT molecular complexity index is 1070. The fourth-order valence-electron chi connectivity index (χ4n) is 3.61. The van der Waals surface area contributed by atoms with Gasteiger partial charge in [0.1, 0.15) is 11.5 Å². The number of likely N-dealkylation sites (tertiary alicyclic amines) is 1. The minimum Gasteiger partial charge on any atom is -0.366 e. The van der Waals surface area contributed by atoms with Crippen LogP contribution in [0.2, 0.25) is 0 Å². The second-order valence-corrected chi connectivity index (χ2v) is 7.34. The molecule has 1 aliphatic rings. The Kier molecular flexibility index (Phi) is 5.68. The zero-order valence-corrected chi connectivity index (χ0v) is 16.5. The molecular weight excluding hydrogens is 411 g/mol. The Balaban J connectivity index is 1.53. The smallest absolute Gasteiger partial charge is 0.366 e. The maximum Gasteiger partial charge on any atom is 0.416 e. The van der Waals surface area contributed by atoms with Crippen LogP contribution in [0.15, 0.2) is 36.5 Å². The molecule has 0 radical (unpaired) electrons. The molecule has 0 spiro atoms. The second-order valence-electron chi connectivity index (χ2n) is 7.34. The molecule has 1 fully saturated rings. The van der Waals surface area contributed by atoms with Crippen LogP contribution in [0.4, 0.5) is 30.6 Å². The molecule has 31 heavy (non-hydrogen) atoms. The molecule has 1 aromatic carbocycles. The highest BCUT2D eigenvalue weighted by molar-refractivity contribution is 5.88. The molecule has 8 nitrogen and oxygen atoms in total. The van der Waals surface area contributed by atoms with Crippen LogP contribution in [-0.2, 0) is 11.0 Å². The average Bonchev–Trinajstić information content (AvgIpc) is 3.22. The summed E-state index contributed by atoms with van der Waals surface area (Å²) in [4.78, 5) is 25.4. The van der Waals surface area contributed by atoms with Crippen LogP contribution in [0.5, 0.6) is 0 Å². The monoisotopic (exact) mass is 433 g/mol. The van der Waals surface area contributed by atoms with Gasteiger partial charge in [0, 0.05) is 31.0 Å². The molecule has 0 atom stereocenters. The van der Waals surface area contributed by atoms with E-state index in [0.29, 0.717) is 24.6 Å². The molecule has 11 heteroatoms. The molecule has 4 rings (SSSR count).